The minimum Gasteiger partial charge on any atom is -0.462 e. The largest absolute Gasteiger partial charge is 0.462 e. The fourth-order valence-electron chi connectivity index (χ4n) is 5.94. The van der Waals surface area contributed by atoms with Crippen LogP contribution in [0.15, 0.2) is 36.5 Å². The van der Waals surface area contributed by atoms with Crippen LogP contribution in [0, 0.1) is 40.4 Å². The van der Waals surface area contributed by atoms with Gasteiger partial charge in [-0.25, -0.2) is 0 Å². The molecule has 2 nitrogen and oxygen atoms in total. The quantitative estimate of drug-likeness (QED) is 0.185. The van der Waals surface area contributed by atoms with Crippen LogP contribution in [0.1, 0.15) is 128 Å². The van der Waals surface area contributed by atoms with Crippen molar-refractivity contribution in [3.8, 4) is 0 Å². The average molecular weight is 503 g/mol. The normalized spacial score (nSPS) is 22.5. The van der Waals surface area contributed by atoms with Crippen molar-refractivity contribution in [1.29, 1.82) is 0 Å². The summed E-state index contributed by atoms with van der Waals surface area (Å²) in [4.78, 5) is 11.4. The van der Waals surface area contributed by atoms with Gasteiger partial charge in [0.05, 0.1) is 0 Å². The summed E-state index contributed by atoms with van der Waals surface area (Å²) >= 11 is 0. The van der Waals surface area contributed by atoms with Gasteiger partial charge in [0.1, 0.15) is 6.10 Å². The summed E-state index contributed by atoms with van der Waals surface area (Å²) in [6.07, 6.45) is 16.7. The fraction of sp³-hybridized carbons (Fsp3) is 0.794. The highest BCUT2D eigenvalue weighted by molar-refractivity contribution is 5.70. The molecule has 6 atom stereocenters. The maximum atomic E-state index is 11.4. The molecule has 0 radical (unpaired) electrons. The molecule has 0 aromatic heterocycles. The van der Waals surface area contributed by atoms with Crippen molar-refractivity contribution in [1.82, 2.24) is 0 Å². The number of cyclic esters (lactones) is 1. The number of ether oxygens (including phenoxy) is 1. The van der Waals surface area contributed by atoms with Gasteiger partial charge in [0.25, 0.3) is 0 Å². The molecule has 1 rings (SSSR count). The summed E-state index contributed by atoms with van der Waals surface area (Å²) in [6.45, 7) is 31.1. The number of esters is 1. The minimum absolute atomic E-state index is 0.0237. The summed E-state index contributed by atoms with van der Waals surface area (Å²) in [7, 11) is 0. The smallest absolute Gasteiger partial charge is 0.306 e. The van der Waals surface area contributed by atoms with Crippen molar-refractivity contribution in [2.45, 2.75) is 134 Å². The number of hydrogen-bond donors (Lipinski definition) is 0. The topological polar surface area (TPSA) is 26.3 Å². The van der Waals surface area contributed by atoms with Crippen LogP contribution in [-0.2, 0) is 9.53 Å². The molecule has 1 aliphatic rings. The highest BCUT2D eigenvalue weighted by Crippen LogP contribution is 2.35. The van der Waals surface area contributed by atoms with Gasteiger partial charge in [0, 0.05) is 6.42 Å². The molecule has 0 aliphatic carbocycles. The molecule has 210 valence electrons. The van der Waals surface area contributed by atoms with E-state index in [1.807, 2.05) is 0 Å². The molecule has 0 saturated carbocycles. The second-order valence-corrected chi connectivity index (χ2v) is 13.7. The van der Waals surface area contributed by atoms with Crippen molar-refractivity contribution >= 4 is 5.97 Å². The van der Waals surface area contributed by atoms with Gasteiger partial charge in [-0.3, -0.25) is 4.79 Å². The van der Waals surface area contributed by atoms with E-state index in [1.54, 1.807) is 0 Å². The van der Waals surface area contributed by atoms with Crippen LogP contribution in [-0.4, -0.2) is 12.1 Å². The standard InChI is InChI=1S/C19H36.C15H26O2/c1-9-10-11-19(7,8)14-18(6)17(5)13-16(4)12-15(2)3;1-6-7-15(4,5)10-12(3)13-8-11(2)9-14(16)17-13/h10-11,16-18H,2,9,12-14H2,1,3-8H3;6-7,11-13H,8-10H2,1-5H3/b;7-6+/t;11-,12?,13?/m.1/s1. The highest BCUT2D eigenvalue weighted by atomic mass is 16.5. The maximum absolute atomic E-state index is 11.4. The minimum atomic E-state index is -0.0237. The van der Waals surface area contributed by atoms with Gasteiger partial charge in [0.2, 0.25) is 0 Å². The Bertz CT molecular complexity index is 696. The van der Waals surface area contributed by atoms with Crippen LogP contribution >= 0.6 is 0 Å². The highest BCUT2D eigenvalue weighted by Gasteiger charge is 2.32. The molecular formula is C34H62O2. The molecule has 1 heterocycles. The van der Waals surface area contributed by atoms with Crippen molar-refractivity contribution in [2.24, 2.45) is 40.4 Å². The Morgan fingerprint density at radius 1 is 1.06 bits per heavy atom. The molecule has 2 heteroatoms. The fourth-order valence-corrected chi connectivity index (χ4v) is 5.94. The first-order valence-corrected chi connectivity index (χ1v) is 14.7. The Kier molecular flexibility index (Phi) is 15.9. The van der Waals surface area contributed by atoms with Gasteiger partial charge in [-0.2, -0.15) is 0 Å². The van der Waals surface area contributed by atoms with Crippen molar-refractivity contribution in [3.05, 3.63) is 36.5 Å². The third kappa shape index (κ3) is 15.7. The van der Waals surface area contributed by atoms with Gasteiger partial charge in [-0.05, 0) is 92.8 Å². The van der Waals surface area contributed by atoms with Crippen LogP contribution in [0.5, 0.6) is 0 Å². The molecular weight excluding hydrogens is 440 g/mol. The second kappa shape index (κ2) is 16.5. The third-order valence-electron chi connectivity index (χ3n) is 7.63. The Morgan fingerprint density at radius 2 is 1.64 bits per heavy atom. The molecule has 0 spiro atoms. The Morgan fingerprint density at radius 3 is 2.14 bits per heavy atom. The molecule has 0 aromatic rings. The lowest BCUT2D eigenvalue weighted by molar-refractivity contribution is -0.160. The average Bonchev–Trinajstić information content (AvgIpc) is 2.70. The molecule has 1 saturated heterocycles. The van der Waals surface area contributed by atoms with Crippen LogP contribution in [0.4, 0.5) is 0 Å². The van der Waals surface area contributed by atoms with E-state index in [-0.39, 0.29) is 17.5 Å². The first kappa shape index (κ1) is 34.7. The predicted octanol–water partition coefficient (Wildman–Crippen LogP) is 10.6. The van der Waals surface area contributed by atoms with Crippen molar-refractivity contribution in [3.63, 3.8) is 0 Å². The van der Waals surface area contributed by atoms with Crippen LogP contribution in [0.3, 0.4) is 0 Å². The lowest BCUT2D eigenvalue weighted by atomic mass is 9.76. The van der Waals surface area contributed by atoms with Gasteiger partial charge in [0.15, 0.2) is 0 Å². The predicted molar refractivity (Wildman–Crippen MR) is 160 cm³/mol. The first-order chi connectivity index (χ1) is 16.5. The first-order valence-electron chi connectivity index (χ1n) is 14.7. The molecule has 1 aliphatic heterocycles. The number of carbonyl (C=O) groups is 1. The Hall–Kier alpha value is -1.31. The summed E-state index contributed by atoms with van der Waals surface area (Å²) in [5.74, 6) is 3.21. The zero-order chi connectivity index (χ0) is 28.1. The van der Waals surface area contributed by atoms with Crippen molar-refractivity contribution < 1.29 is 9.53 Å². The summed E-state index contributed by atoms with van der Waals surface area (Å²) in [5, 5.41) is 0. The van der Waals surface area contributed by atoms with E-state index in [2.05, 4.69) is 114 Å². The van der Waals surface area contributed by atoms with E-state index < -0.39 is 0 Å². The molecule has 0 bridgehead atoms. The molecule has 0 aromatic carbocycles. The van der Waals surface area contributed by atoms with Crippen LogP contribution in [0.25, 0.3) is 0 Å². The van der Waals surface area contributed by atoms with Gasteiger partial charge >= 0.3 is 5.97 Å². The zero-order valence-corrected chi connectivity index (χ0v) is 26.2. The van der Waals surface area contributed by atoms with Crippen molar-refractivity contribution in [2.75, 3.05) is 0 Å². The Labute approximate surface area is 226 Å². The number of allylic oxidation sites excluding steroid dienone is 5. The van der Waals surface area contributed by atoms with Gasteiger partial charge < -0.3 is 4.74 Å². The van der Waals surface area contributed by atoms with E-state index in [9.17, 15) is 4.79 Å². The third-order valence-corrected chi connectivity index (χ3v) is 7.63. The second-order valence-electron chi connectivity index (χ2n) is 13.7. The Balaban J connectivity index is 0.000000684. The zero-order valence-electron chi connectivity index (χ0n) is 26.2. The van der Waals surface area contributed by atoms with E-state index in [1.165, 1.54) is 24.8 Å². The van der Waals surface area contributed by atoms with Gasteiger partial charge in [-0.15, -0.1) is 6.58 Å². The maximum Gasteiger partial charge on any atom is 0.306 e. The van der Waals surface area contributed by atoms with Gasteiger partial charge in [-0.1, -0.05) is 99.1 Å². The molecule has 0 amide bonds. The molecule has 36 heavy (non-hydrogen) atoms. The summed E-state index contributed by atoms with van der Waals surface area (Å²) < 4.78 is 5.48. The molecule has 5 unspecified atom stereocenters. The lowest BCUT2D eigenvalue weighted by Gasteiger charge is -2.34. The summed E-state index contributed by atoms with van der Waals surface area (Å²) in [6, 6.07) is 0. The SMILES string of the molecule is C/C=C/C(C)(C)CC(C)C1C[C@@H](C)CC(=O)O1.C=C(C)CC(C)CC(C)C(C)CC(C)(C)C=CCC. The number of hydrogen-bond acceptors (Lipinski definition) is 2. The molecule has 1 fully saturated rings. The lowest BCUT2D eigenvalue weighted by Crippen LogP contribution is -2.34. The molecule has 0 N–H and O–H groups in total. The van der Waals surface area contributed by atoms with Crippen LogP contribution < -0.4 is 0 Å². The van der Waals surface area contributed by atoms with E-state index in [0.29, 0.717) is 23.7 Å². The number of carbonyl (C=O) groups excluding carboxylic acids is 1. The number of rotatable bonds is 13. The monoisotopic (exact) mass is 502 g/mol. The van der Waals surface area contributed by atoms with E-state index in [0.717, 1.165) is 37.0 Å². The van der Waals surface area contributed by atoms with E-state index in [4.69, 9.17) is 4.74 Å². The van der Waals surface area contributed by atoms with Crippen LogP contribution in [0.2, 0.25) is 0 Å². The summed E-state index contributed by atoms with van der Waals surface area (Å²) in [5.41, 5.74) is 1.83. The van der Waals surface area contributed by atoms with E-state index >= 15 is 0 Å².